The number of carbonyl (C=O) groups is 1. The predicted octanol–water partition coefficient (Wildman–Crippen LogP) is 16.1. The quantitative estimate of drug-likeness (QED) is 0.0199. The lowest BCUT2D eigenvalue weighted by Crippen LogP contribution is -2.66. The molecule has 0 aromatic heterocycles. The van der Waals surface area contributed by atoms with Crippen LogP contribution in [0.4, 0.5) is 0 Å². The van der Waals surface area contributed by atoms with E-state index in [0.29, 0.717) is 6.42 Å². The van der Waals surface area contributed by atoms with Gasteiger partial charge in [-0.1, -0.05) is 359 Å². The fourth-order valence-corrected chi connectivity index (χ4v) is 15.2. The summed E-state index contributed by atoms with van der Waals surface area (Å²) in [5.41, 5.74) is 0. The van der Waals surface area contributed by atoms with E-state index in [2.05, 4.69) is 31.3 Å². The first-order chi connectivity index (χ1) is 51.3. The second kappa shape index (κ2) is 66.8. The molecule has 3 aliphatic heterocycles. The lowest BCUT2D eigenvalue weighted by Gasteiger charge is -2.48. The molecule has 0 aliphatic carbocycles. The van der Waals surface area contributed by atoms with Crippen LogP contribution >= 0.6 is 0 Å². The van der Waals surface area contributed by atoms with Crippen molar-refractivity contribution < 1.29 is 89.4 Å². The lowest BCUT2D eigenvalue weighted by molar-refractivity contribution is -0.379. The average Bonchev–Trinajstić information content (AvgIpc) is 0.781. The lowest BCUT2D eigenvalue weighted by atomic mass is 9.96. The maximum absolute atomic E-state index is 13.5. The van der Waals surface area contributed by atoms with Gasteiger partial charge in [0.1, 0.15) is 73.2 Å². The Bertz CT molecular complexity index is 1990. The van der Waals surface area contributed by atoms with Gasteiger partial charge in [0, 0.05) is 6.42 Å². The number of aliphatic hydroxyl groups excluding tert-OH is 11. The SMILES string of the molecule is CCCCCCCCCC/C=C\CCCCCCCCCCCCCCCCCCCCCCCCCCCCCCCC(=O)NC(COC1OC(CO)C(OC2OC(CO)C(OC3OC(CO)C(O)C(O)C3O)C(O)C2O)C(O)C1O)C(O)/C=C/CCCCCCCCCCCCCCCCCCC. The standard InChI is InChI=1S/C86H163NO18/c1-3-5-7-9-11-13-15-17-19-21-23-24-25-26-27-28-29-30-31-32-33-34-35-36-37-38-39-40-41-42-43-44-46-48-50-52-54-56-58-60-62-64-74(92)87-69(70(91)63-61-59-57-55-53-51-49-47-45-22-20-18-16-14-12-10-8-6-4-2)68-100-84-80(98)77(95)82(72(66-89)102-84)105-86-81(99)78(96)83(73(67-90)103-86)104-85-79(97)76(94)75(93)71(65-88)101-85/h21,23,61,63,69-73,75-86,88-91,93-99H,3-20,22,24-60,62,64-68H2,1-2H3,(H,87,92)/b23-21-,63-61+. The van der Waals surface area contributed by atoms with Gasteiger partial charge in [-0.3, -0.25) is 4.79 Å². The number of rotatable bonds is 72. The summed E-state index contributed by atoms with van der Waals surface area (Å²) in [4.78, 5) is 13.5. The third kappa shape index (κ3) is 46.1. The predicted molar refractivity (Wildman–Crippen MR) is 420 cm³/mol. The third-order valence-electron chi connectivity index (χ3n) is 22.2. The van der Waals surface area contributed by atoms with E-state index in [1.807, 2.05) is 6.08 Å². The van der Waals surface area contributed by atoms with Crippen LogP contribution < -0.4 is 5.32 Å². The van der Waals surface area contributed by atoms with Gasteiger partial charge in [-0.2, -0.15) is 0 Å². The van der Waals surface area contributed by atoms with E-state index in [0.717, 1.165) is 44.9 Å². The Labute approximate surface area is 638 Å². The highest BCUT2D eigenvalue weighted by Crippen LogP contribution is 2.34. The van der Waals surface area contributed by atoms with Crippen LogP contribution in [-0.4, -0.2) is 193 Å². The van der Waals surface area contributed by atoms with E-state index < -0.39 is 124 Å². The number of allylic oxidation sites excluding steroid dienone is 3. The Kier molecular flexibility index (Phi) is 62.0. The van der Waals surface area contributed by atoms with Crippen molar-refractivity contribution >= 4 is 5.91 Å². The molecule has 620 valence electrons. The van der Waals surface area contributed by atoms with Crippen LogP contribution in [-0.2, 0) is 33.2 Å². The number of hydrogen-bond acceptors (Lipinski definition) is 18. The molecule has 3 saturated heterocycles. The van der Waals surface area contributed by atoms with Gasteiger partial charge in [-0.25, -0.2) is 0 Å². The molecule has 17 atom stereocenters. The van der Waals surface area contributed by atoms with Crippen LogP contribution in [0.1, 0.15) is 386 Å². The van der Waals surface area contributed by atoms with Crippen LogP contribution in [0.2, 0.25) is 0 Å². The molecule has 3 rings (SSSR count). The van der Waals surface area contributed by atoms with E-state index >= 15 is 0 Å². The topological polar surface area (TPSA) is 307 Å². The van der Waals surface area contributed by atoms with Crippen molar-refractivity contribution in [3.63, 3.8) is 0 Å². The summed E-state index contributed by atoms with van der Waals surface area (Å²) >= 11 is 0. The van der Waals surface area contributed by atoms with E-state index in [9.17, 15) is 61.0 Å². The van der Waals surface area contributed by atoms with Crippen molar-refractivity contribution in [1.82, 2.24) is 5.32 Å². The number of ether oxygens (including phenoxy) is 6. The summed E-state index contributed by atoms with van der Waals surface area (Å²) in [6.07, 6.45) is 56.3. The zero-order valence-corrected chi connectivity index (χ0v) is 66.7. The van der Waals surface area contributed by atoms with Crippen LogP contribution in [0.15, 0.2) is 24.3 Å². The number of amides is 1. The normalized spacial score (nSPS) is 25.8. The first-order valence-corrected chi connectivity index (χ1v) is 44.1. The molecule has 105 heavy (non-hydrogen) atoms. The average molecular weight is 1500 g/mol. The molecule has 3 aliphatic rings. The maximum Gasteiger partial charge on any atom is 0.220 e. The molecule has 17 unspecified atom stereocenters. The van der Waals surface area contributed by atoms with Crippen molar-refractivity contribution in [2.24, 2.45) is 0 Å². The van der Waals surface area contributed by atoms with Crippen LogP contribution in [0, 0.1) is 0 Å². The maximum atomic E-state index is 13.5. The molecule has 0 bridgehead atoms. The van der Waals surface area contributed by atoms with E-state index in [-0.39, 0.29) is 18.9 Å². The smallest absolute Gasteiger partial charge is 0.220 e. The van der Waals surface area contributed by atoms with Gasteiger partial charge in [-0.05, 0) is 44.9 Å². The Hall–Kier alpha value is -1.73. The fraction of sp³-hybridized carbons (Fsp3) is 0.942. The number of hydrogen-bond donors (Lipinski definition) is 12. The number of nitrogens with one attached hydrogen (secondary N) is 1. The van der Waals surface area contributed by atoms with Crippen molar-refractivity contribution in [3.8, 4) is 0 Å². The summed E-state index contributed by atoms with van der Waals surface area (Å²) < 4.78 is 34.5. The van der Waals surface area contributed by atoms with Crippen LogP contribution in [0.25, 0.3) is 0 Å². The van der Waals surface area contributed by atoms with Gasteiger partial charge in [0.25, 0.3) is 0 Å². The molecule has 0 aromatic carbocycles. The second-order valence-corrected chi connectivity index (χ2v) is 31.7. The largest absolute Gasteiger partial charge is 0.394 e. The fourth-order valence-electron chi connectivity index (χ4n) is 15.2. The van der Waals surface area contributed by atoms with Crippen molar-refractivity contribution in [1.29, 1.82) is 0 Å². The summed E-state index contributed by atoms with van der Waals surface area (Å²) in [5, 5.41) is 121. The van der Waals surface area contributed by atoms with E-state index in [1.165, 1.54) is 315 Å². The zero-order chi connectivity index (χ0) is 76.0. The van der Waals surface area contributed by atoms with Crippen molar-refractivity contribution in [2.75, 3.05) is 26.4 Å². The van der Waals surface area contributed by atoms with Gasteiger partial charge >= 0.3 is 0 Å². The minimum Gasteiger partial charge on any atom is -0.394 e. The summed E-state index contributed by atoms with van der Waals surface area (Å²) in [5.74, 6) is -0.267. The van der Waals surface area contributed by atoms with Gasteiger partial charge in [0.2, 0.25) is 5.91 Å². The van der Waals surface area contributed by atoms with Crippen LogP contribution in [0.5, 0.6) is 0 Å². The molecule has 19 heteroatoms. The second-order valence-electron chi connectivity index (χ2n) is 31.7. The highest BCUT2D eigenvalue weighted by molar-refractivity contribution is 5.76. The zero-order valence-electron chi connectivity index (χ0n) is 66.7. The Balaban J connectivity index is 1.28. The molecule has 0 spiro atoms. The van der Waals surface area contributed by atoms with Gasteiger partial charge < -0.3 is 89.9 Å². The molecule has 0 saturated carbocycles. The van der Waals surface area contributed by atoms with Crippen LogP contribution in [0.3, 0.4) is 0 Å². The summed E-state index contributed by atoms with van der Waals surface area (Å²) in [7, 11) is 0. The van der Waals surface area contributed by atoms with E-state index in [4.69, 9.17) is 28.4 Å². The first kappa shape index (κ1) is 97.5. The van der Waals surface area contributed by atoms with Crippen molar-refractivity contribution in [3.05, 3.63) is 24.3 Å². The molecular weight excluding hydrogens is 1330 g/mol. The van der Waals surface area contributed by atoms with Gasteiger partial charge in [0.05, 0.1) is 38.6 Å². The Morgan fingerprint density at radius 1 is 0.333 bits per heavy atom. The third-order valence-corrected chi connectivity index (χ3v) is 22.2. The Morgan fingerprint density at radius 3 is 0.924 bits per heavy atom. The minimum atomic E-state index is -1.98. The molecule has 3 fully saturated rings. The first-order valence-electron chi connectivity index (χ1n) is 44.1. The molecule has 0 radical (unpaired) electrons. The highest BCUT2D eigenvalue weighted by atomic mass is 16.8. The minimum absolute atomic E-state index is 0.249. The molecule has 1 amide bonds. The highest BCUT2D eigenvalue weighted by Gasteiger charge is 2.54. The number of unbranched alkanes of at least 4 members (excludes halogenated alkanes) is 54. The monoisotopic (exact) mass is 1500 g/mol. The molecule has 19 nitrogen and oxygen atoms in total. The molecule has 12 N–H and O–H groups in total. The summed E-state index contributed by atoms with van der Waals surface area (Å²) in [6.45, 7) is 1.80. The van der Waals surface area contributed by atoms with Gasteiger partial charge in [0.15, 0.2) is 18.9 Å². The number of aliphatic hydroxyl groups is 11. The van der Waals surface area contributed by atoms with Gasteiger partial charge in [-0.15, -0.1) is 0 Å². The molecular formula is C86H163NO18. The molecule has 3 heterocycles. The van der Waals surface area contributed by atoms with E-state index in [1.54, 1.807) is 6.08 Å². The molecule has 0 aromatic rings. The number of carbonyl (C=O) groups excluding carboxylic acids is 1. The Morgan fingerprint density at radius 2 is 0.600 bits per heavy atom. The summed E-state index contributed by atoms with van der Waals surface area (Å²) in [6, 6.07) is -0.971. The van der Waals surface area contributed by atoms with Crippen molar-refractivity contribution in [2.45, 2.75) is 491 Å².